The molecule has 0 amide bonds. The van der Waals surface area contributed by atoms with E-state index >= 15 is 0 Å². The molecule has 0 aromatic heterocycles. The lowest BCUT2D eigenvalue weighted by molar-refractivity contribution is 0.0442. The summed E-state index contributed by atoms with van der Waals surface area (Å²) in [5.41, 5.74) is 0.440. The van der Waals surface area contributed by atoms with Gasteiger partial charge in [-0.3, -0.25) is 0 Å². The van der Waals surface area contributed by atoms with Crippen LogP contribution in [0.1, 0.15) is 18.4 Å². The van der Waals surface area contributed by atoms with Gasteiger partial charge in [-0.05, 0) is 57.6 Å². The van der Waals surface area contributed by atoms with Crippen molar-refractivity contribution in [2.24, 2.45) is 5.41 Å². The Labute approximate surface area is 143 Å². The Bertz CT molecular complexity index is 653. The zero-order valence-electron chi connectivity index (χ0n) is 13.9. The summed E-state index contributed by atoms with van der Waals surface area (Å²) in [5, 5.41) is 10.3. The summed E-state index contributed by atoms with van der Waals surface area (Å²) in [4.78, 5) is 2.36. The topological polar surface area (TPSA) is 60.9 Å². The molecule has 0 aliphatic carbocycles. The number of aryl methyl sites for hydroxylation is 1. The molecule has 1 aromatic rings. The van der Waals surface area contributed by atoms with Crippen molar-refractivity contribution in [3.8, 4) is 0 Å². The van der Waals surface area contributed by atoms with Crippen molar-refractivity contribution in [2.45, 2.75) is 24.7 Å². The van der Waals surface area contributed by atoms with Gasteiger partial charge >= 0.3 is 0 Å². The predicted molar refractivity (Wildman–Crippen MR) is 92.3 cm³/mol. The van der Waals surface area contributed by atoms with Crippen LogP contribution in [0.5, 0.6) is 0 Å². The zero-order valence-corrected chi connectivity index (χ0v) is 15.5. The lowest BCUT2D eigenvalue weighted by Gasteiger charge is -2.41. The summed E-state index contributed by atoms with van der Waals surface area (Å²) in [6.45, 7) is 3.46. The molecule has 1 aliphatic heterocycles. The molecule has 0 bridgehead atoms. The van der Waals surface area contributed by atoms with Gasteiger partial charge in [0.15, 0.2) is 0 Å². The Hall–Kier alpha value is -0.660. The van der Waals surface area contributed by atoms with E-state index in [9.17, 15) is 13.5 Å². The molecule has 0 saturated carbocycles. The van der Waals surface area contributed by atoms with Gasteiger partial charge in [-0.25, -0.2) is 8.42 Å². The first-order chi connectivity index (χ1) is 10.7. The summed E-state index contributed by atoms with van der Waals surface area (Å²) in [6.07, 6.45) is 1.32. The Morgan fingerprint density at radius 2 is 1.91 bits per heavy atom. The average molecular weight is 361 g/mol. The molecular weight excluding hydrogens is 336 g/mol. The molecule has 1 saturated heterocycles. The van der Waals surface area contributed by atoms with Gasteiger partial charge in [-0.2, -0.15) is 4.31 Å². The van der Waals surface area contributed by atoms with Gasteiger partial charge in [0.05, 0.1) is 11.5 Å². The first kappa shape index (κ1) is 18.7. The number of aliphatic hydroxyl groups excluding tert-OH is 1. The van der Waals surface area contributed by atoms with Gasteiger partial charge in [-0.1, -0.05) is 11.6 Å². The van der Waals surface area contributed by atoms with Crippen molar-refractivity contribution in [1.29, 1.82) is 0 Å². The molecule has 1 fully saturated rings. The van der Waals surface area contributed by atoms with Crippen molar-refractivity contribution in [1.82, 2.24) is 9.21 Å². The molecule has 2 rings (SSSR count). The highest BCUT2D eigenvalue weighted by Crippen LogP contribution is 2.34. The zero-order chi connectivity index (χ0) is 17.3. The number of benzene rings is 1. The molecule has 1 N–H and O–H groups in total. The Kier molecular flexibility index (Phi) is 5.74. The normalized spacial score (nSPS) is 19.2. The fourth-order valence-corrected chi connectivity index (χ4v) is 5.15. The monoisotopic (exact) mass is 360 g/mol. The van der Waals surface area contributed by atoms with Crippen LogP contribution in [0.25, 0.3) is 0 Å². The molecule has 23 heavy (non-hydrogen) atoms. The molecule has 0 unspecified atom stereocenters. The van der Waals surface area contributed by atoms with Crippen LogP contribution in [0.4, 0.5) is 0 Å². The minimum atomic E-state index is -3.52. The molecule has 5 nitrogen and oxygen atoms in total. The standard InChI is InChI=1S/C16H25ClN2O3S/c1-13-10-14(17)4-5-15(13)23(21,22)19-8-6-16(12-20,7-9-19)11-18(2)3/h4-5,10,20H,6-9,11-12H2,1-3H3. The lowest BCUT2D eigenvalue weighted by atomic mass is 9.79. The summed E-state index contributed by atoms with van der Waals surface area (Å²) in [5.74, 6) is 0. The maximum atomic E-state index is 12.9. The molecular formula is C16H25ClN2O3S. The summed E-state index contributed by atoms with van der Waals surface area (Å²) in [6, 6.07) is 4.85. The second kappa shape index (κ2) is 7.07. The first-order valence-corrected chi connectivity index (χ1v) is 9.54. The van der Waals surface area contributed by atoms with E-state index in [4.69, 9.17) is 11.6 Å². The molecule has 7 heteroatoms. The van der Waals surface area contributed by atoms with Crippen molar-refractivity contribution in [3.63, 3.8) is 0 Å². The largest absolute Gasteiger partial charge is 0.396 e. The molecule has 1 heterocycles. The van der Waals surface area contributed by atoms with Crippen LogP contribution >= 0.6 is 11.6 Å². The number of halogens is 1. The minimum absolute atomic E-state index is 0.0824. The number of piperidine rings is 1. The Balaban J connectivity index is 2.18. The van der Waals surface area contributed by atoms with Crippen molar-refractivity contribution in [2.75, 3.05) is 40.3 Å². The second-order valence-corrected chi connectivity index (χ2v) is 9.05. The fraction of sp³-hybridized carbons (Fsp3) is 0.625. The molecule has 1 aliphatic rings. The van der Waals surface area contributed by atoms with E-state index in [0.29, 0.717) is 41.4 Å². The van der Waals surface area contributed by atoms with E-state index < -0.39 is 10.0 Å². The molecule has 0 radical (unpaired) electrons. The Morgan fingerprint density at radius 3 is 2.39 bits per heavy atom. The lowest BCUT2D eigenvalue weighted by Crippen LogP contribution is -2.48. The van der Waals surface area contributed by atoms with E-state index in [-0.39, 0.29) is 12.0 Å². The number of nitrogens with zero attached hydrogens (tertiary/aromatic N) is 2. The van der Waals surface area contributed by atoms with Gasteiger partial charge in [0.25, 0.3) is 0 Å². The molecule has 1 aromatic carbocycles. The van der Waals surface area contributed by atoms with Gasteiger partial charge in [0.1, 0.15) is 0 Å². The maximum absolute atomic E-state index is 12.9. The smallest absolute Gasteiger partial charge is 0.243 e. The van der Waals surface area contributed by atoms with Crippen LogP contribution in [-0.2, 0) is 10.0 Å². The maximum Gasteiger partial charge on any atom is 0.243 e. The summed E-state index contributed by atoms with van der Waals surface area (Å²) < 4.78 is 27.2. The first-order valence-electron chi connectivity index (χ1n) is 7.72. The van der Waals surface area contributed by atoms with E-state index in [1.54, 1.807) is 25.1 Å². The fourth-order valence-electron chi connectivity index (χ4n) is 3.28. The summed E-state index contributed by atoms with van der Waals surface area (Å²) in [7, 11) is 0.423. The van der Waals surface area contributed by atoms with Crippen molar-refractivity contribution >= 4 is 21.6 Å². The highest BCUT2D eigenvalue weighted by atomic mass is 35.5. The Morgan fingerprint density at radius 1 is 1.30 bits per heavy atom. The van der Waals surface area contributed by atoms with Crippen LogP contribution in [-0.4, -0.2) is 63.1 Å². The predicted octanol–water partition coefficient (Wildman–Crippen LogP) is 1.97. The third kappa shape index (κ3) is 4.06. The summed E-state index contributed by atoms with van der Waals surface area (Å²) >= 11 is 5.92. The number of hydrogen-bond acceptors (Lipinski definition) is 4. The van der Waals surface area contributed by atoms with E-state index in [1.807, 2.05) is 19.0 Å². The van der Waals surface area contributed by atoms with Crippen molar-refractivity contribution in [3.05, 3.63) is 28.8 Å². The number of hydrogen-bond donors (Lipinski definition) is 1. The van der Waals surface area contributed by atoms with Gasteiger partial charge in [-0.15, -0.1) is 0 Å². The van der Waals surface area contributed by atoms with Gasteiger partial charge in [0, 0.05) is 30.1 Å². The van der Waals surface area contributed by atoms with Crippen LogP contribution in [0.2, 0.25) is 5.02 Å². The number of rotatable bonds is 5. The number of sulfonamides is 1. The van der Waals surface area contributed by atoms with Gasteiger partial charge in [0.2, 0.25) is 10.0 Å². The van der Waals surface area contributed by atoms with E-state index in [0.717, 1.165) is 6.54 Å². The van der Waals surface area contributed by atoms with Crippen LogP contribution in [0.3, 0.4) is 0 Å². The molecule has 0 spiro atoms. The highest BCUT2D eigenvalue weighted by Gasteiger charge is 2.38. The quantitative estimate of drug-likeness (QED) is 0.872. The van der Waals surface area contributed by atoms with Gasteiger partial charge < -0.3 is 10.0 Å². The van der Waals surface area contributed by atoms with E-state index in [2.05, 4.69) is 0 Å². The number of aliphatic hydroxyl groups is 1. The highest BCUT2D eigenvalue weighted by molar-refractivity contribution is 7.89. The van der Waals surface area contributed by atoms with Crippen LogP contribution < -0.4 is 0 Å². The molecule has 130 valence electrons. The average Bonchev–Trinajstić information content (AvgIpc) is 2.46. The SMILES string of the molecule is Cc1cc(Cl)ccc1S(=O)(=O)N1CCC(CO)(CN(C)C)CC1. The minimum Gasteiger partial charge on any atom is -0.396 e. The third-order valence-electron chi connectivity index (χ3n) is 4.52. The third-order valence-corrected chi connectivity index (χ3v) is 6.82. The molecule has 0 atom stereocenters. The second-order valence-electron chi connectivity index (χ2n) is 6.71. The van der Waals surface area contributed by atoms with Crippen molar-refractivity contribution < 1.29 is 13.5 Å². The van der Waals surface area contributed by atoms with Crippen LogP contribution in [0.15, 0.2) is 23.1 Å². The van der Waals surface area contributed by atoms with Crippen LogP contribution in [0, 0.1) is 12.3 Å². The van der Waals surface area contributed by atoms with E-state index in [1.165, 1.54) is 4.31 Å².